The van der Waals surface area contributed by atoms with Crippen LogP contribution in [0.1, 0.15) is 51.9 Å². The van der Waals surface area contributed by atoms with Crippen LogP contribution in [-0.4, -0.2) is 34.5 Å². The lowest BCUT2D eigenvalue weighted by atomic mass is 9.82. The van der Waals surface area contributed by atoms with Crippen LogP contribution in [0.4, 0.5) is 0 Å². The molecule has 0 spiro atoms. The Balaban J connectivity index is 1.93. The molecule has 1 aliphatic heterocycles. The van der Waals surface area contributed by atoms with Gasteiger partial charge in [0, 0.05) is 18.5 Å². The van der Waals surface area contributed by atoms with Gasteiger partial charge in [0.15, 0.2) is 0 Å². The lowest BCUT2D eigenvalue weighted by molar-refractivity contribution is -0.141. The summed E-state index contributed by atoms with van der Waals surface area (Å²) in [7, 11) is 0. The Kier molecular flexibility index (Phi) is 4.25. The second kappa shape index (κ2) is 5.72. The number of likely N-dealkylation sites (tertiary alicyclic amines) is 1. The van der Waals surface area contributed by atoms with Crippen LogP contribution in [0.15, 0.2) is 0 Å². The van der Waals surface area contributed by atoms with Crippen molar-refractivity contribution in [2.75, 3.05) is 6.54 Å². The summed E-state index contributed by atoms with van der Waals surface area (Å²) in [6.45, 7) is 2.99. The summed E-state index contributed by atoms with van der Waals surface area (Å²) in [5, 5.41) is 8.88. The Morgan fingerprint density at radius 3 is 2.44 bits per heavy atom. The molecule has 1 saturated carbocycles. The van der Waals surface area contributed by atoms with Crippen LogP contribution < -0.4 is 0 Å². The third-order valence-electron chi connectivity index (χ3n) is 4.44. The molecule has 2 fully saturated rings. The molecule has 1 unspecified atom stereocenters. The molecule has 0 aromatic rings. The predicted octanol–water partition coefficient (Wildman–Crippen LogP) is 2.28. The van der Waals surface area contributed by atoms with E-state index >= 15 is 0 Å². The minimum Gasteiger partial charge on any atom is -0.481 e. The first-order chi connectivity index (χ1) is 8.58. The highest BCUT2D eigenvalue weighted by Gasteiger charge is 2.35. The van der Waals surface area contributed by atoms with Gasteiger partial charge in [-0.3, -0.25) is 9.59 Å². The maximum atomic E-state index is 12.4. The second-order valence-electron chi connectivity index (χ2n) is 5.88. The number of carbonyl (C=O) groups is 2. The molecule has 4 heteroatoms. The Morgan fingerprint density at radius 2 is 1.83 bits per heavy atom. The fourth-order valence-electron chi connectivity index (χ4n) is 3.28. The summed E-state index contributed by atoms with van der Waals surface area (Å²) in [6.07, 6.45) is 6.14. The van der Waals surface area contributed by atoms with Gasteiger partial charge in [-0.25, -0.2) is 0 Å². The van der Waals surface area contributed by atoms with Gasteiger partial charge in [-0.15, -0.1) is 0 Å². The van der Waals surface area contributed by atoms with Crippen molar-refractivity contribution in [3.8, 4) is 0 Å². The first kappa shape index (κ1) is 13.4. The van der Waals surface area contributed by atoms with Crippen LogP contribution in [-0.2, 0) is 9.59 Å². The number of carboxylic acid groups (broad SMARTS) is 1. The van der Waals surface area contributed by atoms with Gasteiger partial charge in [0.25, 0.3) is 0 Å². The summed E-state index contributed by atoms with van der Waals surface area (Å²) >= 11 is 0. The fraction of sp³-hybridized carbons (Fsp3) is 0.857. The summed E-state index contributed by atoms with van der Waals surface area (Å²) < 4.78 is 0. The van der Waals surface area contributed by atoms with Crippen molar-refractivity contribution in [2.45, 2.75) is 57.9 Å². The van der Waals surface area contributed by atoms with Crippen LogP contribution >= 0.6 is 0 Å². The van der Waals surface area contributed by atoms with E-state index < -0.39 is 5.97 Å². The van der Waals surface area contributed by atoms with Crippen molar-refractivity contribution in [2.24, 2.45) is 11.8 Å². The van der Waals surface area contributed by atoms with Gasteiger partial charge in [-0.05, 0) is 44.4 Å². The fourth-order valence-corrected chi connectivity index (χ4v) is 3.28. The van der Waals surface area contributed by atoms with Crippen molar-refractivity contribution in [3.05, 3.63) is 0 Å². The van der Waals surface area contributed by atoms with Crippen LogP contribution in [0.25, 0.3) is 0 Å². The molecule has 1 atom stereocenters. The van der Waals surface area contributed by atoms with Crippen molar-refractivity contribution >= 4 is 11.9 Å². The predicted molar refractivity (Wildman–Crippen MR) is 68.1 cm³/mol. The van der Waals surface area contributed by atoms with Crippen molar-refractivity contribution in [3.63, 3.8) is 0 Å². The van der Waals surface area contributed by atoms with Gasteiger partial charge in [-0.1, -0.05) is 6.92 Å². The zero-order valence-corrected chi connectivity index (χ0v) is 11.1. The number of hydrogen-bond acceptors (Lipinski definition) is 2. The zero-order chi connectivity index (χ0) is 13.1. The molecule has 1 saturated heterocycles. The molecule has 2 aliphatic rings. The molecule has 0 aromatic heterocycles. The monoisotopic (exact) mass is 253 g/mol. The molecule has 0 bridgehead atoms. The second-order valence-corrected chi connectivity index (χ2v) is 5.88. The standard InChI is InChI=1S/C14H23NO3/c1-10-4-6-11(7-5-10)14(18)15-8-2-3-12(15)9-13(16)17/h10-12H,2-9H2,1H3,(H,16,17). The number of rotatable bonds is 3. The minimum absolute atomic E-state index is 0.0608. The quantitative estimate of drug-likeness (QED) is 0.839. The van der Waals surface area contributed by atoms with Crippen molar-refractivity contribution in [1.29, 1.82) is 0 Å². The van der Waals surface area contributed by atoms with Crippen LogP contribution in [0, 0.1) is 11.8 Å². The maximum Gasteiger partial charge on any atom is 0.305 e. The summed E-state index contributed by atoms with van der Waals surface area (Å²) in [5.41, 5.74) is 0. The van der Waals surface area contributed by atoms with Crippen molar-refractivity contribution in [1.82, 2.24) is 4.90 Å². The Morgan fingerprint density at radius 1 is 1.17 bits per heavy atom. The van der Waals surface area contributed by atoms with Crippen LogP contribution in [0.5, 0.6) is 0 Å². The summed E-state index contributed by atoms with van der Waals surface area (Å²) in [5.74, 6) is 0.306. The normalized spacial score (nSPS) is 32.5. The van der Waals surface area contributed by atoms with Crippen LogP contribution in [0.3, 0.4) is 0 Å². The van der Waals surface area contributed by atoms with E-state index in [1.807, 2.05) is 4.90 Å². The molecule has 4 nitrogen and oxygen atoms in total. The van der Waals surface area contributed by atoms with E-state index in [0.29, 0.717) is 0 Å². The molecule has 1 N–H and O–H groups in total. The molecule has 1 amide bonds. The highest BCUT2D eigenvalue weighted by atomic mass is 16.4. The molecule has 1 heterocycles. The Bertz CT molecular complexity index is 321. The Labute approximate surface area is 108 Å². The number of amides is 1. The molecule has 102 valence electrons. The molecule has 0 aromatic carbocycles. The van der Waals surface area contributed by atoms with E-state index in [9.17, 15) is 9.59 Å². The van der Waals surface area contributed by atoms with E-state index in [0.717, 1.165) is 51.0 Å². The molecular weight excluding hydrogens is 230 g/mol. The lowest BCUT2D eigenvalue weighted by Gasteiger charge is -2.31. The summed E-state index contributed by atoms with van der Waals surface area (Å²) in [6, 6.07) is -0.0608. The van der Waals surface area contributed by atoms with Gasteiger partial charge in [-0.2, -0.15) is 0 Å². The number of carbonyl (C=O) groups excluding carboxylic acids is 1. The van der Waals surface area contributed by atoms with Gasteiger partial charge >= 0.3 is 5.97 Å². The first-order valence-corrected chi connectivity index (χ1v) is 7.10. The van der Waals surface area contributed by atoms with E-state index in [1.54, 1.807) is 0 Å². The van der Waals surface area contributed by atoms with E-state index in [2.05, 4.69) is 6.92 Å². The molecule has 0 radical (unpaired) electrons. The van der Waals surface area contributed by atoms with Gasteiger partial charge in [0.1, 0.15) is 0 Å². The molecule has 1 aliphatic carbocycles. The minimum atomic E-state index is -0.794. The first-order valence-electron chi connectivity index (χ1n) is 7.10. The van der Waals surface area contributed by atoms with Gasteiger partial charge in [0.05, 0.1) is 6.42 Å². The number of hydrogen-bond donors (Lipinski definition) is 1. The van der Waals surface area contributed by atoms with Gasteiger partial charge < -0.3 is 10.0 Å². The number of nitrogens with zero attached hydrogens (tertiary/aromatic N) is 1. The van der Waals surface area contributed by atoms with Crippen LogP contribution in [0.2, 0.25) is 0 Å². The van der Waals surface area contributed by atoms with Crippen molar-refractivity contribution < 1.29 is 14.7 Å². The Hall–Kier alpha value is -1.06. The SMILES string of the molecule is CC1CCC(C(=O)N2CCCC2CC(=O)O)CC1. The van der Waals surface area contributed by atoms with E-state index in [4.69, 9.17) is 5.11 Å². The van der Waals surface area contributed by atoms with Gasteiger partial charge in [0.2, 0.25) is 5.91 Å². The molecule has 18 heavy (non-hydrogen) atoms. The third-order valence-corrected chi connectivity index (χ3v) is 4.44. The molecular formula is C14H23NO3. The number of carboxylic acids is 1. The average Bonchev–Trinajstić information content (AvgIpc) is 2.76. The lowest BCUT2D eigenvalue weighted by Crippen LogP contribution is -2.41. The zero-order valence-electron chi connectivity index (χ0n) is 11.1. The topological polar surface area (TPSA) is 57.6 Å². The highest BCUT2D eigenvalue weighted by molar-refractivity contribution is 5.80. The highest BCUT2D eigenvalue weighted by Crippen LogP contribution is 2.32. The maximum absolute atomic E-state index is 12.4. The van der Waals surface area contributed by atoms with E-state index in [-0.39, 0.29) is 24.3 Å². The average molecular weight is 253 g/mol. The summed E-state index contributed by atoms with van der Waals surface area (Å²) in [4.78, 5) is 25.1. The number of aliphatic carboxylic acids is 1. The smallest absolute Gasteiger partial charge is 0.305 e. The molecule has 2 rings (SSSR count). The third kappa shape index (κ3) is 3.03. The largest absolute Gasteiger partial charge is 0.481 e. The van der Waals surface area contributed by atoms with E-state index in [1.165, 1.54) is 0 Å².